The Hall–Kier alpha value is -3.08. The van der Waals surface area contributed by atoms with Gasteiger partial charge in [0, 0.05) is 17.6 Å². The average Bonchev–Trinajstić information content (AvgIpc) is 3.20. The molecule has 10 nitrogen and oxygen atoms in total. The van der Waals surface area contributed by atoms with E-state index in [4.69, 9.17) is 4.74 Å². The number of hydrogen-bond acceptors (Lipinski definition) is 8. The third-order valence-electron chi connectivity index (χ3n) is 3.66. The van der Waals surface area contributed by atoms with Crippen molar-refractivity contribution in [2.24, 2.45) is 0 Å². The fourth-order valence-corrected chi connectivity index (χ4v) is 3.03. The summed E-state index contributed by atoms with van der Waals surface area (Å²) in [5.74, 6) is -0.850. The topological polar surface area (TPSA) is 132 Å². The van der Waals surface area contributed by atoms with E-state index in [2.05, 4.69) is 25.3 Å². The number of hydrogen-bond donors (Lipinski definition) is 2. The van der Waals surface area contributed by atoms with Gasteiger partial charge in [-0.1, -0.05) is 11.3 Å². The minimum absolute atomic E-state index is 0.00655. The number of anilines is 1. The zero-order valence-electron chi connectivity index (χ0n) is 14.1. The van der Waals surface area contributed by atoms with Crippen molar-refractivity contribution >= 4 is 40.2 Å². The maximum atomic E-state index is 12.2. The number of esters is 1. The second-order valence-corrected chi connectivity index (χ2v) is 6.31. The van der Waals surface area contributed by atoms with Gasteiger partial charge in [-0.05, 0) is 13.8 Å². The first-order chi connectivity index (χ1) is 12.5. The van der Waals surface area contributed by atoms with Crippen LogP contribution in [0.1, 0.15) is 19.0 Å². The average molecular weight is 376 g/mol. The normalized spacial score (nSPS) is 12.1. The summed E-state index contributed by atoms with van der Waals surface area (Å²) in [4.78, 5) is 50.4. The highest BCUT2D eigenvalue weighted by Crippen LogP contribution is 2.15. The summed E-state index contributed by atoms with van der Waals surface area (Å²) in [6.07, 6.45) is 1.69. The molecule has 11 heteroatoms. The van der Waals surface area contributed by atoms with Crippen molar-refractivity contribution < 1.29 is 14.3 Å². The van der Waals surface area contributed by atoms with Crippen LogP contribution in [0.15, 0.2) is 22.8 Å². The van der Waals surface area contributed by atoms with Gasteiger partial charge in [-0.2, -0.15) is 0 Å². The van der Waals surface area contributed by atoms with Gasteiger partial charge in [-0.15, -0.1) is 0 Å². The van der Waals surface area contributed by atoms with Crippen molar-refractivity contribution in [3.8, 4) is 0 Å². The first kappa shape index (κ1) is 17.7. The smallest absolute Gasteiger partial charge is 0.308 e. The Labute approximate surface area is 151 Å². The maximum Gasteiger partial charge on any atom is 0.308 e. The van der Waals surface area contributed by atoms with Gasteiger partial charge in [0.2, 0.25) is 0 Å². The van der Waals surface area contributed by atoms with Crippen molar-refractivity contribution in [3.05, 3.63) is 33.4 Å². The van der Waals surface area contributed by atoms with E-state index in [1.165, 1.54) is 24.1 Å². The molecule has 0 saturated heterocycles. The van der Waals surface area contributed by atoms with Gasteiger partial charge in [0.25, 0.3) is 5.91 Å². The standard InChI is InChI=1S/C15H16N6O4S/c1-8-5-26-15(24)21(8)4-3-10(22)25-9(2)14(23)20-13-11-12(17-6-16-11)18-7-19-13/h5-7,9H,3-4H2,1-2H3,(H2,16,17,18,19,20,23). The van der Waals surface area contributed by atoms with Crippen LogP contribution < -0.4 is 10.2 Å². The summed E-state index contributed by atoms with van der Waals surface area (Å²) in [7, 11) is 0. The fourth-order valence-electron chi connectivity index (χ4n) is 2.27. The zero-order valence-corrected chi connectivity index (χ0v) is 14.9. The Kier molecular flexibility index (Phi) is 5.07. The van der Waals surface area contributed by atoms with Crippen LogP contribution in [0.5, 0.6) is 0 Å². The summed E-state index contributed by atoms with van der Waals surface area (Å²) in [5.41, 5.74) is 1.68. The molecule has 3 rings (SSSR count). The number of ether oxygens (including phenoxy) is 1. The van der Waals surface area contributed by atoms with E-state index in [1.807, 2.05) is 0 Å². The monoisotopic (exact) mass is 376 g/mol. The number of fused-ring (bicyclic) bond motifs is 1. The molecule has 0 aliphatic carbocycles. The van der Waals surface area contributed by atoms with Crippen LogP contribution in [0.4, 0.5) is 5.82 Å². The molecule has 0 saturated carbocycles. The molecule has 0 radical (unpaired) electrons. The molecule has 0 aromatic carbocycles. The van der Waals surface area contributed by atoms with Crippen LogP contribution in [0, 0.1) is 6.92 Å². The SMILES string of the molecule is Cc1csc(=O)n1CCC(=O)OC(C)C(=O)Nc1ncnc2nc[nH]c12. The molecule has 3 aromatic heterocycles. The van der Waals surface area contributed by atoms with Gasteiger partial charge in [-0.25, -0.2) is 15.0 Å². The van der Waals surface area contributed by atoms with E-state index in [0.717, 1.165) is 17.0 Å². The first-order valence-electron chi connectivity index (χ1n) is 7.75. The lowest BCUT2D eigenvalue weighted by Crippen LogP contribution is -2.31. The second kappa shape index (κ2) is 7.44. The number of aromatic amines is 1. The van der Waals surface area contributed by atoms with Crippen molar-refractivity contribution in [1.29, 1.82) is 0 Å². The lowest BCUT2D eigenvalue weighted by molar-refractivity contribution is -0.153. The Balaban J connectivity index is 1.56. The molecule has 136 valence electrons. The summed E-state index contributed by atoms with van der Waals surface area (Å²) >= 11 is 1.08. The van der Waals surface area contributed by atoms with Crippen LogP contribution in [0.2, 0.25) is 0 Å². The Morgan fingerprint density at radius 2 is 2.19 bits per heavy atom. The van der Waals surface area contributed by atoms with Crippen molar-refractivity contribution in [3.63, 3.8) is 0 Å². The summed E-state index contributed by atoms with van der Waals surface area (Å²) in [6.45, 7) is 3.46. The fraction of sp³-hybridized carbons (Fsp3) is 0.333. The van der Waals surface area contributed by atoms with Gasteiger partial charge in [0.15, 0.2) is 17.6 Å². The molecule has 0 fully saturated rings. The van der Waals surface area contributed by atoms with Crippen LogP contribution in [-0.2, 0) is 20.9 Å². The number of aromatic nitrogens is 5. The highest BCUT2D eigenvalue weighted by Gasteiger charge is 2.20. The number of rotatable bonds is 6. The summed E-state index contributed by atoms with van der Waals surface area (Å²) in [5, 5.41) is 4.30. The number of nitrogens with one attached hydrogen (secondary N) is 2. The van der Waals surface area contributed by atoms with Gasteiger partial charge < -0.3 is 19.6 Å². The lowest BCUT2D eigenvalue weighted by atomic mass is 10.3. The van der Waals surface area contributed by atoms with Gasteiger partial charge in [0.1, 0.15) is 11.8 Å². The van der Waals surface area contributed by atoms with E-state index >= 15 is 0 Å². The Morgan fingerprint density at radius 1 is 1.38 bits per heavy atom. The number of nitrogens with zero attached hydrogens (tertiary/aromatic N) is 4. The molecule has 0 aliphatic rings. The molecule has 3 heterocycles. The molecule has 0 spiro atoms. The third-order valence-corrected chi connectivity index (χ3v) is 4.54. The molecule has 0 bridgehead atoms. The Morgan fingerprint density at radius 3 is 2.92 bits per heavy atom. The predicted octanol–water partition coefficient (Wildman–Crippen LogP) is 0.845. The number of amides is 1. The first-order valence-corrected chi connectivity index (χ1v) is 8.63. The molecular formula is C15H16N6O4S. The van der Waals surface area contributed by atoms with Crippen LogP contribution in [-0.4, -0.2) is 42.5 Å². The third kappa shape index (κ3) is 3.77. The number of aryl methyl sites for hydroxylation is 1. The molecule has 26 heavy (non-hydrogen) atoms. The summed E-state index contributed by atoms with van der Waals surface area (Å²) < 4.78 is 6.62. The van der Waals surface area contributed by atoms with Crippen molar-refractivity contribution in [2.45, 2.75) is 32.9 Å². The van der Waals surface area contributed by atoms with E-state index in [-0.39, 0.29) is 23.7 Å². The molecular weight excluding hydrogens is 360 g/mol. The van der Waals surface area contributed by atoms with E-state index < -0.39 is 18.0 Å². The molecule has 1 atom stereocenters. The number of carbonyl (C=O) groups is 2. The number of thiazole rings is 1. The minimum atomic E-state index is -1.02. The van der Waals surface area contributed by atoms with Crippen LogP contribution in [0.25, 0.3) is 11.2 Å². The largest absolute Gasteiger partial charge is 0.452 e. The van der Waals surface area contributed by atoms with E-state index in [9.17, 15) is 14.4 Å². The van der Waals surface area contributed by atoms with E-state index in [1.54, 1.807) is 12.3 Å². The highest BCUT2D eigenvalue weighted by atomic mass is 32.1. The predicted molar refractivity (Wildman–Crippen MR) is 93.8 cm³/mol. The highest BCUT2D eigenvalue weighted by molar-refractivity contribution is 7.07. The molecule has 1 unspecified atom stereocenters. The molecule has 0 aliphatic heterocycles. The van der Waals surface area contributed by atoms with Gasteiger partial charge in [-0.3, -0.25) is 14.4 Å². The molecule has 2 N–H and O–H groups in total. The zero-order chi connectivity index (χ0) is 18.7. The number of carbonyl (C=O) groups excluding carboxylic acids is 2. The quantitative estimate of drug-likeness (QED) is 0.609. The Bertz CT molecular complexity index is 1010. The second-order valence-electron chi connectivity index (χ2n) is 5.49. The van der Waals surface area contributed by atoms with Crippen LogP contribution in [0.3, 0.4) is 0 Å². The minimum Gasteiger partial charge on any atom is -0.452 e. The maximum absolute atomic E-state index is 12.2. The number of imidazole rings is 1. The molecule has 3 aromatic rings. The van der Waals surface area contributed by atoms with E-state index in [0.29, 0.717) is 11.2 Å². The van der Waals surface area contributed by atoms with Gasteiger partial charge in [0.05, 0.1) is 12.7 Å². The van der Waals surface area contributed by atoms with Crippen molar-refractivity contribution in [2.75, 3.05) is 5.32 Å². The molecule has 1 amide bonds. The van der Waals surface area contributed by atoms with Crippen LogP contribution >= 0.6 is 11.3 Å². The summed E-state index contributed by atoms with van der Waals surface area (Å²) in [6, 6.07) is 0. The van der Waals surface area contributed by atoms with Gasteiger partial charge >= 0.3 is 10.8 Å². The van der Waals surface area contributed by atoms with Crippen molar-refractivity contribution in [1.82, 2.24) is 24.5 Å². The number of H-pyrrole nitrogens is 1. The lowest BCUT2D eigenvalue weighted by Gasteiger charge is -2.13.